The molecule has 88 valence electrons. The van der Waals surface area contributed by atoms with Crippen LogP contribution in [0.2, 0.25) is 0 Å². The number of aliphatic hydroxyl groups is 1. The third kappa shape index (κ3) is 2.36. The van der Waals surface area contributed by atoms with Crippen LogP contribution >= 0.6 is 0 Å². The molecular formula is C11H14F2N2O. The molecule has 2 heterocycles. The van der Waals surface area contributed by atoms with Crippen molar-refractivity contribution in [2.45, 2.75) is 24.9 Å². The number of pyridine rings is 1. The molecule has 1 aromatic heterocycles. The summed E-state index contributed by atoms with van der Waals surface area (Å²) in [7, 11) is 0. The Morgan fingerprint density at radius 2 is 2.06 bits per heavy atom. The highest BCUT2D eigenvalue weighted by molar-refractivity contribution is 5.18. The Kier molecular flexibility index (Phi) is 3.16. The molecule has 0 saturated carbocycles. The van der Waals surface area contributed by atoms with Gasteiger partial charge in [0.1, 0.15) is 11.6 Å². The van der Waals surface area contributed by atoms with Crippen molar-refractivity contribution in [3.05, 3.63) is 29.6 Å². The summed E-state index contributed by atoms with van der Waals surface area (Å²) in [6, 6.07) is 0. The summed E-state index contributed by atoms with van der Waals surface area (Å²) in [6.45, 7) is 1.21. The van der Waals surface area contributed by atoms with Gasteiger partial charge in [-0.15, -0.1) is 0 Å². The van der Waals surface area contributed by atoms with Crippen molar-refractivity contribution in [1.82, 2.24) is 10.3 Å². The molecule has 0 amide bonds. The van der Waals surface area contributed by atoms with Crippen LogP contribution in [0.15, 0.2) is 12.4 Å². The Balaban J connectivity index is 2.19. The van der Waals surface area contributed by atoms with Crippen LogP contribution < -0.4 is 5.32 Å². The molecule has 1 aliphatic heterocycles. The van der Waals surface area contributed by atoms with E-state index in [4.69, 9.17) is 0 Å². The van der Waals surface area contributed by atoms with Gasteiger partial charge >= 0.3 is 0 Å². The molecule has 1 unspecified atom stereocenters. The van der Waals surface area contributed by atoms with Crippen LogP contribution in [0.3, 0.4) is 0 Å². The largest absolute Gasteiger partial charge is 0.388 e. The fourth-order valence-corrected chi connectivity index (χ4v) is 2.04. The number of β-amino-alcohol motifs (C(OH)–C–C–N with tert-alkyl or cyclic N) is 1. The maximum absolute atomic E-state index is 13.3. The molecule has 16 heavy (non-hydrogen) atoms. The molecule has 0 bridgehead atoms. The normalized spacial score (nSPS) is 25.7. The molecule has 1 aromatic rings. The first-order valence-corrected chi connectivity index (χ1v) is 5.32. The molecule has 2 N–H and O–H groups in total. The van der Waals surface area contributed by atoms with Gasteiger partial charge in [0.05, 0.1) is 18.0 Å². The average molecular weight is 228 g/mol. The third-order valence-corrected chi connectivity index (χ3v) is 2.91. The van der Waals surface area contributed by atoms with Crippen LogP contribution in [0.4, 0.5) is 8.78 Å². The van der Waals surface area contributed by atoms with Crippen molar-refractivity contribution in [3.8, 4) is 0 Å². The smallest absolute Gasteiger partial charge is 0.147 e. The molecule has 3 nitrogen and oxygen atoms in total. The maximum Gasteiger partial charge on any atom is 0.147 e. The van der Waals surface area contributed by atoms with Gasteiger partial charge in [-0.25, -0.2) is 8.78 Å². The Labute approximate surface area is 92.5 Å². The van der Waals surface area contributed by atoms with Crippen molar-refractivity contribution in [1.29, 1.82) is 0 Å². The van der Waals surface area contributed by atoms with E-state index in [1.54, 1.807) is 0 Å². The number of hydrogen-bond donors (Lipinski definition) is 2. The first-order chi connectivity index (χ1) is 7.61. The van der Waals surface area contributed by atoms with Crippen LogP contribution in [0.1, 0.15) is 18.4 Å². The zero-order valence-corrected chi connectivity index (χ0v) is 8.84. The molecule has 0 spiro atoms. The van der Waals surface area contributed by atoms with E-state index >= 15 is 0 Å². The second-order valence-electron chi connectivity index (χ2n) is 4.26. The standard InChI is InChI=1S/C11H14F2N2O/c12-9-5-15-6-10(13)8(9)4-11(16)2-1-3-14-7-11/h5-6,14,16H,1-4,7H2. The number of nitrogens with zero attached hydrogens (tertiary/aromatic N) is 1. The van der Waals surface area contributed by atoms with Crippen LogP contribution in [0, 0.1) is 11.6 Å². The summed E-state index contributed by atoms with van der Waals surface area (Å²) in [5.41, 5.74) is -1.14. The number of aromatic nitrogens is 1. The molecule has 0 aliphatic carbocycles. The maximum atomic E-state index is 13.3. The Hall–Kier alpha value is -1.07. The minimum Gasteiger partial charge on any atom is -0.388 e. The van der Waals surface area contributed by atoms with Crippen molar-refractivity contribution < 1.29 is 13.9 Å². The number of piperidine rings is 1. The minimum atomic E-state index is -1.05. The van der Waals surface area contributed by atoms with Gasteiger partial charge in [-0.1, -0.05) is 0 Å². The van der Waals surface area contributed by atoms with Crippen LogP contribution in [0.5, 0.6) is 0 Å². The van der Waals surface area contributed by atoms with Gasteiger partial charge in [0, 0.05) is 18.5 Å². The first kappa shape index (κ1) is 11.4. The average Bonchev–Trinajstić information content (AvgIpc) is 2.25. The van der Waals surface area contributed by atoms with Gasteiger partial charge in [-0.3, -0.25) is 4.98 Å². The van der Waals surface area contributed by atoms with Gasteiger partial charge in [0.25, 0.3) is 0 Å². The van der Waals surface area contributed by atoms with E-state index in [9.17, 15) is 13.9 Å². The number of hydrogen-bond acceptors (Lipinski definition) is 3. The van der Waals surface area contributed by atoms with E-state index in [2.05, 4.69) is 10.3 Å². The summed E-state index contributed by atoms with van der Waals surface area (Å²) in [5, 5.41) is 13.2. The van der Waals surface area contributed by atoms with Gasteiger partial charge in [-0.2, -0.15) is 0 Å². The minimum absolute atomic E-state index is 0.0137. The van der Waals surface area contributed by atoms with Crippen molar-refractivity contribution in [2.24, 2.45) is 0 Å². The van der Waals surface area contributed by atoms with Gasteiger partial charge in [0.15, 0.2) is 0 Å². The lowest BCUT2D eigenvalue weighted by atomic mass is 9.87. The molecule has 1 aliphatic rings. The molecule has 5 heteroatoms. The van der Waals surface area contributed by atoms with E-state index < -0.39 is 17.2 Å². The fraction of sp³-hybridized carbons (Fsp3) is 0.545. The molecule has 2 rings (SSSR count). The highest BCUT2D eigenvalue weighted by atomic mass is 19.1. The van der Waals surface area contributed by atoms with Crippen LogP contribution in [-0.2, 0) is 6.42 Å². The second kappa shape index (κ2) is 4.43. The Morgan fingerprint density at radius 3 is 2.62 bits per heavy atom. The Bertz CT molecular complexity index is 358. The molecule has 1 fully saturated rings. The van der Waals surface area contributed by atoms with E-state index in [0.717, 1.165) is 25.4 Å². The SMILES string of the molecule is OC1(Cc2c(F)cncc2F)CCCNC1. The zero-order valence-electron chi connectivity index (χ0n) is 8.84. The summed E-state index contributed by atoms with van der Waals surface area (Å²) >= 11 is 0. The van der Waals surface area contributed by atoms with Gasteiger partial charge < -0.3 is 10.4 Å². The van der Waals surface area contributed by atoms with Crippen LogP contribution in [-0.4, -0.2) is 28.8 Å². The van der Waals surface area contributed by atoms with Gasteiger partial charge in [-0.05, 0) is 19.4 Å². The third-order valence-electron chi connectivity index (χ3n) is 2.91. The summed E-state index contributed by atoms with van der Waals surface area (Å²) in [5.74, 6) is -1.39. The summed E-state index contributed by atoms with van der Waals surface area (Å²) in [6.07, 6.45) is 3.29. The number of halogens is 2. The zero-order chi connectivity index (χ0) is 11.6. The topological polar surface area (TPSA) is 45.2 Å². The fourth-order valence-electron chi connectivity index (χ4n) is 2.04. The highest BCUT2D eigenvalue weighted by Gasteiger charge is 2.31. The lowest BCUT2D eigenvalue weighted by Crippen LogP contribution is -2.47. The van der Waals surface area contributed by atoms with Crippen molar-refractivity contribution in [3.63, 3.8) is 0 Å². The summed E-state index contributed by atoms with van der Waals surface area (Å²) < 4.78 is 26.7. The lowest BCUT2D eigenvalue weighted by molar-refractivity contribution is 0.0154. The predicted octanol–water partition coefficient (Wildman–Crippen LogP) is 1.02. The van der Waals surface area contributed by atoms with Gasteiger partial charge in [0.2, 0.25) is 0 Å². The Morgan fingerprint density at radius 1 is 1.38 bits per heavy atom. The van der Waals surface area contributed by atoms with E-state index in [1.807, 2.05) is 0 Å². The van der Waals surface area contributed by atoms with Crippen LogP contribution in [0.25, 0.3) is 0 Å². The first-order valence-electron chi connectivity index (χ1n) is 5.32. The molecular weight excluding hydrogens is 214 g/mol. The quantitative estimate of drug-likeness (QED) is 0.794. The van der Waals surface area contributed by atoms with E-state index in [0.29, 0.717) is 13.0 Å². The van der Waals surface area contributed by atoms with Crippen molar-refractivity contribution >= 4 is 0 Å². The molecule has 1 saturated heterocycles. The molecule has 1 atom stereocenters. The van der Waals surface area contributed by atoms with E-state index in [1.165, 1.54) is 0 Å². The summed E-state index contributed by atoms with van der Waals surface area (Å²) in [4.78, 5) is 3.41. The lowest BCUT2D eigenvalue weighted by Gasteiger charge is -2.32. The predicted molar refractivity (Wildman–Crippen MR) is 54.9 cm³/mol. The second-order valence-corrected chi connectivity index (χ2v) is 4.26. The number of nitrogens with one attached hydrogen (secondary N) is 1. The highest BCUT2D eigenvalue weighted by Crippen LogP contribution is 2.23. The monoisotopic (exact) mass is 228 g/mol. The number of rotatable bonds is 2. The molecule has 0 aromatic carbocycles. The van der Waals surface area contributed by atoms with E-state index in [-0.39, 0.29) is 12.0 Å². The van der Waals surface area contributed by atoms with Crippen molar-refractivity contribution in [2.75, 3.05) is 13.1 Å². The molecule has 0 radical (unpaired) electrons.